The van der Waals surface area contributed by atoms with Crippen molar-refractivity contribution in [3.8, 4) is 0 Å². The lowest BCUT2D eigenvalue weighted by Crippen LogP contribution is -2.41. The van der Waals surface area contributed by atoms with Crippen LogP contribution in [0, 0.1) is 5.92 Å². The van der Waals surface area contributed by atoms with Gasteiger partial charge < -0.3 is 9.72 Å². The number of aromatic amines is 1. The molecule has 3 atom stereocenters. The van der Waals surface area contributed by atoms with Crippen LogP contribution in [0.4, 0.5) is 0 Å². The molecule has 2 fully saturated rings. The minimum Gasteiger partial charge on any atom is -0.376 e. The summed E-state index contributed by atoms with van der Waals surface area (Å²) in [6.07, 6.45) is 5.48. The number of aryl methyl sites for hydroxylation is 1. The van der Waals surface area contributed by atoms with E-state index < -0.39 is 0 Å². The number of H-pyrrole nitrogens is 1. The van der Waals surface area contributed by atoms with Gasteiger partial charge in [-0.1, -0.05) is 19.9 Å². The maximum Gasteiger partial charge on any atom is 0.253 e. The van der Waals surface area contributed by atoms with Crippen LogP contribution in [0.15, 0.2) is 29.1 Å². The molecule has 2 aliphatic heterocycles. The van der Waals surface area contributed by atoms with E-state index in [0.29, 0.717) is 18.0 Å². The van der Waals surface area contributed by atoms with Crippen molar-refractivity contribution in [2.24, 2.45) is 5.92 Å². The zero-order valence-electron chi connectivity index (χ0n) is 19.0. The van der Waals surface area contributed by atoms with Crippen LogP contribution in [0.5, 0.6) is 0 Å². The Labute approximate surface area is 188 Å². The van der Waals surface area contributed by atoms with Crippen molar-refractivity contribution in [1.82, 2.24) is 30.1 Å². The summed E-state index contributed by atoms with van der Waals surface area (Å²) in [7, 11) is 0. The first-order valence-corrected chi connectivity index (χ1v) is 11.9. The average Bonchev–Trinajstić information content (AvgIpc) is 3.47. The highest BCUT2D eigenvalue weighted by Gasteiger charge is 2.33. The molecule has 0 aliphatic carbocycles. The highest BCUT2D eigenvalue weighted by atomic mass is 16.5. The first-order valence-electron chi connectivity index (χ1n) is 11.9. The summed E-state index contributed by atoms with van der Waals surface area (Å²) in [6.45, 7) is 7.67. The van der Waals surface area contributed by atoms with E-state index in [0.717, 1.165) is 62.1 Å². The van der Waals surface area contributed by atoms with Gasteiger partial charge in [-0.05, 0) is 84.1 Å². The number of fused-ring (bicyclic) bond motifs is 1. The Bertz CT molecular complexity index is 1130. The Morgan fingerprint density at radius 3 is 2.94 bits per heavy atom. The van der Waals surface area contributed by atoms with Crippen molar-refractivity contribution in [3.05, 3.63) is 51.6 Å². The van der Waals surface area contributed by atoms with Crippen molar-refractivity contribution in [2.45, 2.75) is 64.6 Å². The molecule has 0 radical (unpaired) electrons. The maximum absolute atomic E-state index is 13.3. The van der Waals surface area contributed by atoms with Crippen LogP contribution >= 0.6 is 0 Å². The van der Waals surface area contributed by atoms with Gasteiger partial charge in [0.05, 0.1) is 12.6 Å². The molecular formula is C24H32N6O2. The third-order valence-electron chi connectivity index (χ3n) is 6.90. The second-order valence-corrected chi connectivity index (χ2v) is 9.33. The van der Waals surface area contributed by atoms with Crippen LogP contribution in [0.25, 0.3) is 10.9 Å². The molecule has 4 heterocycles. The van der Waals surface area contributed by atoms with Crippen molar-refractivity contribution >= 4 is 10.9 Å². The number of benzene rings is 1. The fraction of sp³-hybridized carbons (Fsp3) is 0.583. The van der Waals surface area contributed by atoms with E-state index in [-0.39, 0.29) is 17.7 Å². The molecule has 0 saturated carbocycles. The molecule has 1 N–H and O–H groups in total. The Morgan fingerprint density at radius 1 is 1.25 bits per heavy atom. The van der Waals surface area contributed by atoms with E-state index in [1.54, 1.807) is 0 Å². The van der Waals surface area contributed by atoms with Crippen LogP contribution in [0.1, 0.15) is 62.5 Å². The molecule has 0 spiro atoms. The molecule has 8 nitrogen and oxygen atoms in total. The van der Waals surface area contributed by atoms with Gasteiger partial charge in [0.2, 0.25) is 0 Å². The molecule has 2 saturated heterocycles. The smallest absolute Gasteiger partial charge is 0.253 e. The Hall–Kier alpha value is -2.58. The first kappa shape index (κ1) is 21.3. The molecule has 0 amide bonds. The average molecular weight is 437 g/mol. The summed E-state index contributed by atoms with van der Waals surface area (Å²) in [5, 5.41) is 13.8. The van der Waals surface area contributed by atoms with E-state index in [9.17, 15) is 4.79 Å². The van der Waals surface area contributed by atoms with Crippen molar-refractivity contribution in [1.29, 1.82) is 0 Å². The van der Waals surface area contributed by atoms with Crippen LogP contribution in [-0.2, 0) is 17.7 Å². The molecule has 5 rings (SSSR count). The van der Waals surface area contributed by atoms with Gasteiger partial charge in [0.15, 0.2) is 5.82 Å². The minimum absolute atomic E-state index is 0.0726. The Morgan fingerprint density at radius 2 is 2.16 bits per heavy atom. The van der Waals surface area contributed by atoms with E-state index in [1.807, 2.05) is 16.8 Å². The second-order valence-electron chi connectivity index (χ2n) is 9.33. The summed E-state index contributed by atoms with van der Waals surface area (Å²) in [5.74, 6) is 1.30. The largest absolute Gasteiger partial charge is 0.376 e. The number of rotatable bonds is 6. The second kappa shape index (κ2) is 9.11. The number of pyridine rings is 1. The van der Waals surface area contributed by atoms with E-state index in [1.165, 1.54) is 12.0 Å². The lowest BCUT2D eigenvalue weighted by molar-refractivity contribution is 0.0889. The van der Waals surface area contributed by atoms with Gasteiger partial charge in [-0.2, -0.15) is 0 Å². The first-order chi connectivity index (χ1) is 15.6. The maximum atomic E-state index is 13.3. The van der Waals surface area contributed by atoms with Crippen LogP contribution in [0.2, 0.25) is 0 Å². The Balaban J connectivity index is 1.60. The lowest BCUT2D eigenvalue weighted by atomic mass is 9.95. The summed E-state index contributed by atoms with van der Waals surface area (Å²) in [5.41, 5.74) is 2.75. The number of piperidine rings is 1. The number of ether oxygens (including phenoxy) is 1. The molecule has 2 aliphatic rings. The lowest BCUT2D eigenvalue weighted by Gasteiger charge is -2.36. The topological polar surface area (TPSA) is 88.9 Å². The predicted molar refractivity (Wildman–Crippen MR) is 123 cm³/mol. The summed E-state index contributed by atoms with van der Waals surface area (Å²) >= 11 is 0. The zero-order valence-corrected chi connectivity index (χ0v) is 19.0. The quantitative estimate of drug-likeness (QED) is 0.639. The third kappa shape index (κ3) is 4.21. The number of tetrazole rings is 1. The van der Waals surface area contributed by atoms with Gasteiger partial charge in [-0.3, -0.25) is 9.69 Å². The highest BCUT2D eigenvalue weighted by Crippen LogP contribution is 2.31. The molecule has 170 valence electrons. The summed E-state index contributed by atoms with van der Waals surface area (Å²) in [4.78, 5) is 18.8. The van der Waals surface area contributed by atoms with Gasteiger partial charge in [-0.15, -0.1) is 5.10 Å². The molecule has 8 heteroatoms. The van der Waals surface area contributed by atoms with Crippen LogP contribution in [-0.4, -0.2) is 55.9 Å². The number of aromatic nitrogens is 5. The number of nitrogens with zero attached hydrogens (tertiary/aromatic N) is 5. The van der Waals surface area contributed by atoms with Crippen molar-refractivity contribution < 1.29 is 4.74 Å². The molecule has 1 aromatic carbocycles. The normalized spacial score (nSPS) is 23.1. The van der Waals surface area contributed by atoms with Crippen molar-refractivity contribution in [3.63, 3.8) is 0 Å². The summed E-state index contributed by atoms with van der Waals surface area (Å²) < 4.78 is 7.69. The zero-order chi connectivity index (χ0) is 22.1. The summed E-state index contributed by atoms with van der Waals surface area (Å²) in [6, 6.07) is 8.00. The third-order valence-corrected chi connectivity index (χ3v) is 6.90. The van der Waals surface area contributed by atoms with Gasteiger partial charge >= 0.3 is 0 Å². The predicted octanol–water partition coefficient (Wildman–Crippen LogP) is 3.08. The molecular weight excluding hydrogens is 404 g/mol. The van der Waals surface area contributed by atoms with Gasteiger partial charge in [-0.25, -0.2) is 4.68 Å². The number of likely N-dealkylation sites (tertiary alicyclic amines) is 1. The molecule has 0 bridgehead atoms. The van der Waals surface area contributed by atoms with Crippen LogP contribution in [0.3, 0.4) is 0 Å². The number of hydrogen-bond acceptors (Lipinski definition) is 6. The fourth-order valence-electron chi connectivity index (χ4n) is 5.17. The highest BCUT2D eigenvalue weighted by molar-refractivity contribution is 5.80. The van der Waals surface area contributed by atoms with Crippen LogP contribution < -0.4 is 5.56 Å². The van der Waals surface area contributed by atoms with E-state index in [2.05, 4.69) is 51.4 Å². The standard InChI is InChI=1S/C24H32N6O2/c1-3-17-8-9-21-18(12-17)13-20(24(31)25-21)22(29-10-4-6-16(2)14-29)23-26-27-28-30(23)15-19-7-5-11-32-19/h8-9,12-13,16,19,22H,3-7,10-11,14-15H2,1-2H3,(H,25,31)/t16-,19-,22+/m0/s1. The van der Waals surface area contributed by atoms with Crippen molar-refractivity contribution in [2.75, 3.05) is 19.7 Å². The number of nitrogens with one attached hydrogen (secondary N) is 1. The Kier molecular flexibility index (Phi) is 6.06. The van der Waals surface area contributed by atoms with Gasteiger partial charge in [0.25, 0.3) is 5.56 Å². The molecule has 0 unspecified atom stereocenters. The monoisotopic (exact) mass is 436 g/mol. The van der Waals surface area contributed by atoms with Gasteiger partial charge in [0, 0.05) is 24.2 Å². The fourth-order valence-corrected chi connectivity index (χ4v) is 5.17. The molecule has 2 aromatic heterocycles. The SMILES string of the molecule is CCc1ccc2[nH]c(=O)c([C@H](c3nnnn3C[C@@H]3CCCO3)N3CCC[C@H](C)C3)cc2c1. The van der Waals surface area contributed by atoms with E-state index in [4.69, 9.17) is 4.74 Å². The minimum atomic E-state index is -0.285. The number of hydrogen-bond donors (Lipinski definition) is 1. The van der Waals surface area contributed by atoms with E-state index >= 15 is 0 Å². The van der Waals surface area contributed by atoms with Gasteiger partial charge in [0.1, 0.15) is 6.04 Å². The molecule has 3 aromatic rings. The molecule has 32 heavy (non-hydrogen) atoms.